The Balaban J connectivity index is 1.27. The molecule has 5 rings (SSSR count). The maximum absolute atomic E-state index is 11.6. The number of pyridine rings is 1. The number of para-hydroxylation sites is 1. The third-order valence-corrected chi connectivity index (χ3v) is 7.62. The van der Waals surface area contributed by atoms with Crippen molar-refractivity contribution in [3.8, 4) is 22.6 Å². The largest absolute Gasteiger partial charge is 0.457 e. The van der Waals surface area contributed by atoms with E-state index in [0.717, 1.165) is 50.5 Å². The Kier molecular flexibility index (Phi) is 8.17. The van der Waals surface area contributed by atoms with E-state index in [9.17, 15) is 8.42 Å². The van der Waals surface area contributed by atoms with Gasteiger partial charge in [0.25, 0.3) is 0 Å². The summed E-state index contributed by atoms with van der Waals surface area (Å²) in [5.74, 6) is 1.28. The number of nitrogens with one attached hydrogen (secondary N) is 2. The van der Waals surface area contributed by atoms with Crippen molar-refractivity contribution in [1.29, 1.82) is 0 Å². The van der Waals surface area contributed by atoms with Crippen LogP contribution in [-0.2, 0) is 16.4 Å². The topological polar surface area (TPSA) is 106 Å². The molecule has 5 aromatic rings. The molecule has 1 heterocycles. The second-order valence-corrected chi connectivity index (χ2v) is 11.4. The fraction of sp³-hybridized carbons (Fsp3) is 0.129. The molecule has 39 heavy (non-hydrogen) atoms. The number of hydrogen-bond donors (Lipinski definition) is 3. The minimum absolute atomic E-state index is 0.0293. The predicted molar refractivity (Wildman–Crippen MR) is 158 cm³/mol. The van der Waals surface area contributed by atoms with E-state index in [0.29, 0.717) is 13.1 Å². The highest BCUT2D eigenvalue weighted by molar-refractivity contribution is 7.91. The number of sulfone groups is 1. The normalized spacial score (nSPS) is 11.4. The van der Waals surface area contributed by atoms with Gasteiger partial charge in [0.1, 0.15) is 11.5 Å². The van der Waals surface area contributed by atoms with Gasteiger partial charge in [-0.3, -0.25) is 4.98 Å². The van der Waals surface area contributed by atoms with Crippen molar-refractivity contribution in [2.75, 3.05) is 23.5 Å². The van der Waals surface area contributed by atoms with E-state index in [1.54, 1.807) is 6.20 Å². The lowest BCUT2D eigenvalue weighted by molar-refractivity contribution is 0.483. The molecule has 0 saturated carbocycles. The van der Waals surface area contributed by atoms with E-state index in [1.807, 2.05) is 72.8 Å². The first-order chi connectivity index (χ1) is 19.0. The summed E-state index contributed by atoms with van der Waals surface area (Å²) < 4.78 is 29.0. The maximum Gasteiger partial charge on any atom is 0.164 e. The number of rotatable bonds is 11. The molecule has 4 N–H and O–H groups in total. The van der Waals surface area contributed by atoms with Crippen LogP contribution in [0.25, 0.3) is 22.0 Å². The molecule has 198 valence electrons. The predicted octanol–water partition coefficient (Wildman–Crippen LogP) is 5.86. The van der Waals surface area contributed by atoms with E-state index >= 15 is 0 Å². The Bertz CT molecular complexity index is 1660. The third kappa shape index (κ3) is 7.00. The van der Waals surface area contributed by atoms with Crippen LogP contribution in [0.4, 0.5) is 11.4 Å². The lowest BCUT2D eigenvalue weighted by Gasteiger charge is -2.12. The summed E-state index contributed by atoms with van der Waals surface area (Å²) in [5.41, 5.74) is 11.3. The SMILES string of the molecule is NCS(=O)(=O)CCNCc1cccc(-c2ccc3c(Nc4ccc(Oc5ccccc5)cc4)ccnc3c2)c1. The molecule has 1 aromatic heterocycles. The first-order valence-corrected chi connectivity index (χ1v) is 14.5. The number of benzene rings is 4. The summed E-state index contributed by atoms with van der Waals surface area (Å²) in [5, 5.41) is 7.70. The molecule has 0 aliphatic heterocycles. The molecule has 8 heteroatoms. The van der Waals surface area contributed by atoms with Crippen LogP contribution in [0.15, 0.2) is 109 Å². The average Bonchev–Trinajstić information content (AvgIpc) is 2.97. The number of nitrogens with zero attached hydrogens (tertiary/aromatic N) is 1. The lowest BCUT2D eigenvalue weighted by Crippen LogP contribution is -2.26. The van der Waals surface area contributed by atoms with Crippen LogP contribution in [0.1, 0.15) is 5.56 Å². The molecule has 0 aliphatic carbocycles. The van der Waals surface area contributed by atoms with Gasteiger partial charge >= 0.3 is 0 Å². The fourth-order valence-corrected chi connectivity index (χ4v) is 4.85. The molecule has 4 aromatic carbocycles. The first-order valence-electron chi connectivity index (χ1n) is 12.7. The highest BCUT2D eigenvalue weighted by Gasteiger charge is 2.08. The number of aromatic nitrogens is 1. The van der Waals surface area contributed by atoms with Gasteiger partial charge in [0.15, 0.2) is 9.84 Å². The average molecular weight is 539 g/mol. The smallest absolute Gasteiger partial charge is 0.164 e. The van der Waals surface area contributed by atoms with E-state index in [4.69, 9.17) is 10.5 Å². The monoisotopic (exact) mass is 538 g/mol. The van der Waals surface area contributed by atoms with Crippen molar-refractivity contribution in [3.63, 3.8) is 0 Å². The van der Waals surface area contributed by atoms with Crippen molar-refractivity contribution in [2.24, 2.45) is 5.73 Å². The van der Waals surface area contributed by atoms with Crippen molar-refractivity contribution < 1.29 is 13.2 Å². The van der Waals surface area contributed by atoms with Gasteiger partial charge in [0.2, 0.25) is 0 Å². The lowest BCUT2D eigenvalue weighted by atomic mass is 10.0. The summed E-state index contributed by atoms with van der Waals surface area (Å²) in [4.78, 5) is 4.61. The summed E-state index contributed by atoms with van der Waals surface area (Å²) in [6.07, 6.45) is 1.80. The second kappa shape index (κ2) is 12.1. The molecule has 0 fully saturated rings. The molecule has 0 atom stereocenters. The van der Waals surface area contributed by atoms with Crippen molar-refractivity contribution in [2.45, 2.75) is 6.54 Å². The maximum atomic E-state index is 11.6. The number of nitrogens with two attached hydrogens (primary N) is 1. The van der Waals surface area contributed by atoms with E-state index < -0.39 is 9.84 Å². The van der Waals surface area contributed by atoms with Gasteiger partial charge in [-0.1, -0.05) is 48.5 Å². The van der Waals surface area contributed by atoms with Crippen molar-refractivity contribution >= 4 is 32.1 Å². The van der Waals surface area contributed by atoms with Gasteiger partial charge in [-0.05, 0) is 71.3 Å². The van der Waals surface area contributed by atoms with Crippen molar-refractivity contribution in [3.05, 3.63) is 115 Å². The van der Waals surface area contributed by atoms with Crippen LogP contribution < -0.4 is 21.1 Å². The van der Waals surface area contributed by atoms with Gasteiger partial charge in [0, 0.05) is 36.0 Å². The zero-order valence-corrected chi connectivity index (χ0v) is 22.2. The van der Waals surface area contributed by atoms with Crippen LogP contribution in [0.5, 0.6) is 11.5 Å². The summed E-state index contributed by atoms with van der Waals surface area (Å²) >= 11 is 0. The molecule has 0 amide bonds. The Morgan fingerprint density at radius 2 is 1.56 bits per heavy atom. The van der Waals surface area contributed by atoms with E-state index in [-0.39, 0.29) is 11.6 Å². The summed E-state index contributed by atoms with van der Waals surface area (Å²) in [7, 11) is -3.19. The Morgan fingerprint density at radius 1 is 0.795 bits per heavy atom. The van der Waals surface area contributed by atoms with Gasteiger partial charge in [-0.15, -0.1) is 0 Å². The van der Waals surface area contributed by atoms with E-state index in [2.05, 4.69) is 45.9 Å². The quantitative estimate of drug-likeness (QED) is 0.181. The highest BCUT2D eigenvalue weighted by atomic mass is 32.2. The molecular formula is C31H30N4O3S. The third-order valence-electron chi connectivity index (χ3n) is 6.29. The Labute approximate surface area is 228 Å². The molecular weight excluding hydrogens is 508 g/mol. The molecule has 0 aliphatic rings. The first kappa shape index (κ1) is 26.4. The molecule has 7 nitrogen and oxygen atoms in total. The zero-order chi connectivity index (χ0) is 27.1. The second-order valence-electron chi connectivity index (χ2n) is 9.15. The van der Waals surface area contributed by atoms with Gasteiger partial charge in [0.05, 0.1) is 17.1 Å². The molecule has 0 radical (unpaired) electrons. The van der Waals surface area contributed by atoms with Crippen LogP contribution >= 0.6 is 0 Å². The van der Waals surface area contributed by atoms with Gasteiger partial charge in [-0.2, -0.15) is 0 Å². The molecule has 0 saturated heterocycles. The van der Waals surface area contributed by atoms with Crippen LogP contribution in [-0.4, -0.2) is 31.6 Å². The number of fused-ring (bicyclic) bond motifs is 1. The Hall–Kier alpha value is -4.24. The molecule has 0 unspecified atom stereocenters. The molecule has 0 spiro atoms. The standard InChI is InChI=1S/C31H30N4O3S/c32-22-39(36,37)18-17-33-21-23-5-4-6-24(19-23)25-9-14-29-30(15-16-34-31(29)20-25)35-26-10-12-28(13-11-26)38-27-7-2-1-3-8-27/h1-16,19-20,33H,17-18,21-22,32H2,(H,34,35). The van der Waals surface area contributed by atoms with Gasteiger partial charge in [-0.25, -0.2) is 8.42 Å². The van der Waals surface area contributed by atoms with Crippen LogP contribution in [0, 0.1) is 0 Å². The number of ether oxygens (including phenoxy) is 1. The van der Waals surface area contributed by atoms with Crippen LogP contribution in [0.2, 0.25) is 0 Å². The zero-order valence-electron chi connectivity index (χ0n) is 21.4. The molecule has 0 bridgehead atoms. The summed E-state index contributed by atoms with van der Waals surface area (Å²) in [6, 6.07) is 34.0. The van der Waals surface area contributed by atoms with Crippen molar-refractivity contribution in [1.82, 2.24) is 10.3 Å². The number of anilines is 2. The van der Waals surface area contributed by atoms with Gasteiger partial charge < -0.3 is 21.1 Å². The fourth-order valence-electron chi connectivity index (χ4n) is 4.23. The summed E-state index contributed by atoms with van der Waals surface area (Å²) in [6.45, 7) is 0.936. The Morgan fingerprint density at radius 3 is 2.36 bits per heavy atom. The highest BCUT2D eigenvalue weighted by Crippen LogP contribution is 2.30. The van der Waals surface area contributed by atoms with Crippen LogP contribution in [0.3, 0.4) is 0 Å². The minimum atomic E-state index is -3.19. The number of hydrogen-bond acceptors (Lipinski definition) is 7. The minimum Gasteiger partial charge on any atom is -0.457 e. The van der Waals surface area contributed by atoms with E-state index in [1.165, 1.54) is 0 Å².